The third kappa shape index (κ3) is 3.79. The summed E-state index contributed by atoms with van der Waals surface area (Å²) in [4.78, 5) is 12.2. The van der Waals surface area contributed by atoms with Gasteiger partial charge in [-0.3, -0.25) is 4.79 Å². The van der Waals surface area contributed by atoms with E-state index in [4.69, 9.17) is 5.73 Å². The van der Waals surface area contributed by atoms with E-state index in [2.05, 4.69) is 5.32 Å². The Balaban J connectivity index is 1.83. The predicted molar refractivity (Wildman–Crippen MR) is 77.7 cm³/mol. The molecule has 0 spiro atoms. The molecule has 0 bridgehead atoms. The predicted octanol–water partition coefficient (Wildman–Crippen LogP) is 2.39. The summed E-state index contributed by atoms with van der Waals surface area (Å²) in [6, 6.07) is 6.47. The zero-order valence-electron chi connectivity index (χ0n) is 12.0. The van der Waals surface area contributed by atoms with Crippen LogP contribution >= 0.6 is 0 Å². The van der Waals surface area contributed by atoms with Crippen molar-refractivity contribution in [1.29, 1.82) is 0 Å². The van der Waals surface area contributed by atoms with Crippen molar-refractivity contribution in [2.24, 2.45) is 11.7 Å². The average molecular weight is 278 g/mol. The molecule has 1 amide bonds. The fourth-order valence-electron chi connectivity index (χ4n) is 2.93. The summed E-state index contributed by atoms with van der Waals surface area (Å²) in [5.41, 5.74) is 6.71. The van der Waals surface area contributed by atoms with E-state index >= 15 is 0 Å². The van der Waals surface area contributed by atoms with Crippen LogP contribution in [0.4, 0.5) is 4.39 Å². The first kappa shape index (κ1) is 15.0. The molecule has 1 aliphatic rings. The maximum Gasteiger partial charge on any atom is 0.224 e. The van der Waals surface area contributed by atoms with Gasteiger partial charge in [0.05, 0.1) is 5.92 Å². The highest BCUT2D eigenvalue weighted by Gasteiger charge is 2.37. The van der Waals surface area contributed by atoms with Gasteiger partial charge in [-0.1, -0.05) is 25.0 Å². The SMILES string of the molecule is CC1(N)CCCCC1C(=O)NCCc1cccc(F)c1. The van der Waals surface area contributed by atoms with Gasteiger partial charge in [0.2, 0.25) is 5.91 Å². The van der Waals surface area contributed by atoms with Crippen LogP contribution in [0.2, 0.25) is 0 Å². The number of nitrogens with one attached hydrogen (secondary N) is 1. The van der Waals surface area contributed by atoms with E-state index < -0.39 is 5.54 Å². The van der Waals surface area contributed by atoms with E-state index in [-0.39, 0.29) is 17.6 Å². The number of carbonyl (C=O) groups excluding carboxylic acids is 1. The number of benzene rings is 1. The number of amides is 1. The van der Waals surface area contributed by atoms with Crippen molar-refractivity contribution in [3.05, 3.63) is 35.6 Å². The highest BCUT2D eigenvalue weighted by Crippen LogP contribution is 2.31. The van der Waals surface area contributed by atoms with Crippen LogP contribution in [0.5, 0.6) is 0 Å². The maximum atomic E-state index is 13.0. The van der Waals surface area contributed by atoms with Gasteiger partial charge in [-0.15, -0.1) is 0 Å². The number of hydrogen-bond donors (Lipinski definition) is 2. The molecule has 0 aliphatic heterocycles. The lowest BCUT2D eigenvalue weighted by molar-refractivity contribution is -0.128. The average Bonchev–Trinajstić information content (AvgIpc) is 2.38. The molecule has 2 atom stereocenters. The van der Waals surface area contributed by atoms with Crippen LogP contribution in [0, 0.1) is 11.7 Å². The van der Waals surface area contributed by atoms with Crippen LogP contribution in [0.1, 0.15) is 38.2 Å². The van der Waals surface area contributed by atoms with Crippen molar-refractivity contribution in [1.82, 2.24) is 5.32 Å². The largest absolute Gasteiger partial charge is 0.355 e. The van der Waals surface area contributed by atoms with E-state index in [1.165, 1.54) is 12.1 Å². The molecular weight excluding hydrogens is 255 g/mol. The van der Waals surface area contributed by atoms with Gasteiger partial charge in [0.15, 0.2) is 0 Å². The van der Waals surface area contributed by atoms with E-state index in [1.54, 1.807) is 6.07 Å². The van der Waals surface area contributed by atoms with Crippen LogP contribution in [-0.2, 0) is 11.2 Å². The molecule has 4 heteroatoms. The minimum atomic E-state index is -0.402. The van der Waals surface area contributed by atoms with Crippen LogP contribution in [-0.4, -0.2) is 18.0 Å². The number of nitrogens with two attached hydrogens (primary N) is 1. The smallest absolute Gasteiger partial charge is 0.224 e. The lowest BCUT2D eigenvalue weighted by Crippen LogP contribution is -2.53. The summed E-state index contributed by atoms with van der Waals surface area (Å²) in [7, 11) is 0. The minimum absolute atomic E-state index is 0.0334. The minimum Gasteiger partial charge on any atom is -0.355 e. The van der Waals surface area contributed by atoms with Gasteiger partial charge in [0, 0.05) is 12.1 Å². The van der Waals surface area contributed by atoms with Crippen LogP contribution in [0.3, 0.4) is 0 Å². The molecule has 2 unspecified atom stereocenters. The highest BCUT2D eigenvalue weighted by molar-refractivity contribution is 5.80. The normalized spacial score (nSPS) is 26.2. The number of carbonyl (C=O) groups is 1. The third-order valence-corrected chi connectivity index (χ3v) is 4.17. The second-order valence-electron chi connectivity index (χ2n) is 5.98. The van der Waals surface area contributed by atoms with Gasteiger partial charge in [-0.2, -0.15) is 0 Å². The molecular formula is C16H23FN2O. The van der Waals surface area contributed by atoms with E-state index in [1.807, 2.05) is 13.0 Å². The Morgan fingerprint density at radius 1 is 1.50 bits per heavy atom. The van der Waals surface area contributed by atoms with Gasteiger partial charge in [-0.25, -0.2) is 4.39 Å². The lowest BCUT2D eigenvalue weighted by atomic mass is 9.74. The van der Waals surface area contributed by atoms with Crippen LogP contribution in [0.25, 0.3) is 0 Å². The third-order valence-electron chi connectivity index (χ3n) is 4.17. The summed E-state index contributed by atoms with van der Waals surface area (Å²) in [5, 5.41) is 2.93. The second kappa shape index (κ2) is 6.35. The van der Waals surface area contributed by atoms with Crippen molar-refractivity contribution in [3.63, 3.8) is 0 Å². The molecule has 1 aromatic rings. The molecule has 20 heavy (non-hydrogen) atoms. The zero-order chi connectivity index (χ0) is 14.6. The number of rotatable bonds is 4. The van der Waals surface area contributed by atoms with Gasteiger partial charge >= 0.3 is 0 Å². The monoisotopic (exact) mass is 278 g/mol. The zero-order valence-corrected chi connectivity index (χ0v) is 12.0. The Hall–Kier alpha value is -1.42. The summed E-state index contributed by atoms with van der Waals surface area (Å²) in [5.74, 6) is -0.314. The molecule has 0 saturated heterocycles. The van der Waals surface area contributed by atoms with Crippen LogP contribution < -0.4 is 11.1 Å². The Kier molecular flexibility index (Phi) is 4.76. The molecule has 1 aromatic carbocycles. The first-order chi connectivity index (χ1) is 9.49. The summed E-state index contributed by atoms with van der Waals surface area (Å²) < 4.78 is 13.0. The summed E-state index contributed by atoms with van der Waals surface area (Å²) in [6.07, 6.45) is 4.56. The highest BCUT2D eigenvalue weighted by atomic mass is 19.1. The van der Waals surface area contributed by atoms with Crippen molar-refractivity contribution in [3.8, 4) is 0 Å². The molecule has 3 nitrogen and oxygen atoms in total. The van der Waals surface area contributed by atoms with Gasteiger partial charge in [0.25, 0.3) is 0 Å². The molecule has 0 aromatic heterocycles. The Labute approximate surface area is 119 Å². The first-order valence-electron chi connectivity index (χ1n) is 7.30. The van der Waals surface area contributed by atoms with E-state index in [0.717, 1.165) is 31.2 Å². The van der Waals surface area contributed by atoms with E-state index in [9.17, 15) is 9.18 Å². The summed E-state index contributed by atoms with van der Waals surface area (Å²) >= 11 is 0. The van der Waals surface area contributed by atoms with Gasteiger partial charge < -0.3 is 11.1 Å². The Morgan fingerprint density at radius 3 is 3.00 bits per heavy atom. The number of halogens is 1. The number of hydrogen-bond acceptors (Lipinski definition) is 2. The molecule has 3 N–H and O–H groups in total. The Morgan fingerprint density at radius 2 is 2.30 bits per heavy atom. The van der Waals surface area contributed by atoms with Crippen molar-refractivity contribution in [2.75, 3.05) is 6.54 Å². The molecule has 1 fully saturated rings. The molecule has 1 saturated carbocycles. The fourth-order valence-corrected chi connectivity index (χ4v) is 2.93. The van der Waals surface area contributed by atoms with Gasteiger partial charge in [0.1, 0.15) is 5.82 Å². The molecule has 1 aliphatic carbocycles. The quantitative estimate of drug-likeness (QED) is 0.888. The Bertz CT molecular complexity index is 473. The second-order valence-corrected chi connectivity index (χ2v) is 5.98. The molecule has 110 valence electrons. The van der Waals surface area contributed by atoms with Gasteiger partial charge in [-0.05, 0) is 43.9 Å². The molecule has 2 rings (SSSR count). The standard InChI is InChI=1S/C16H23FN2O/c1-16(18)9-3-2-7-14(16)15(20)19-10-8-12-5-4-6-13(17)11-12/h4-6,11,14H,2-3,7-10,18H2,1H3,(H,19,20). The first-order valence-corrected chi connectivity index (χ1v) is 7.30. The molecule has 0 radical (unpaired) electrons. The van der Waals surface area contributed by atoms with Crippen molar-refractivity contribution in [2.45, 2.75) is 44.6 Å². The van der Waals surface area contributed by atoms with Crippen LogP contribution in [0.15, 0.2) is 24.3 Å². The summed E-state index contributed by atoms with van der Waals surface area (Å²) in [6.45, 7) is 2.48. The molecule has 0 heterocycles. The van der Waals surface area contributed by atoms with Crippen molar-refractivity contribution < 1.29 is 9.18 Å². The topological polar surface area (TPSA) is 55.1 Å². The fraction of sp³-hybridized carbons (Fsp3) is 0.562. The maximum absolute atomic E-state index is 13.0. The van der Waals surface area contributed by atoms with E-state index in [0.29, 0.717) is 13.0 Å². The lowest BCUT2D eigenvalue weighted by Gasteiger charge is -2.37. The van der Waals surface area contributed by atoms with Crippen molar-refractivity contribution >= 4 is 5.91 Å².